The molecule has 0 unspecified atom stereocenters. The second kappa shape index (κ2) is 4.71. The topological polar surface area (TPSA) is 55.7 Å². The fourth-order valence-electron chi connectivity index (χ4n) is 2.15. The van der Waals surface area contributed by atoms with Crippen molar-refractivity contribution in [1.29, 1.82) is 5.26 Å². The lowest BCUT2D eigenvalue weighted by molar-refractivity contribution is 1.13. The molecule has 1 aromatic heterocycles. The van der Waals surface area contributed by atoms with E-state index in [1.54, 1.807) is 6.07 Å². The second-order valence-corrected chi connectivity index (χ2v) is 4.87. The number of rotatable bonds is 2. The number of hydrogen-bond donors (Lipinski definition) is 1. The molecule has 1 heterocycles. The zero-order chi connectivity index (χ0) is 14.1. The third-order valence-electron chi connectivity index (χ3n) is 3.25. The Bertz CT molecular complexity index is 809. The molecule has 2 aromatic carbocycles. The Morgan fingerprint density at radius 1 is 1.15 bits per heavy atom. The number of nitriles is 1. The van der Waals surface area contributed by atoms with Gasteiger partial charge in [0.2, 0.25) is 0 Å². The van der Waals surface area contributed by atoms with Crippen LogP contribution in [0.1, 0.15) is 5.56 Å². The SMILES string of the molecule is CN(C)c1cccc(-c2nc3ccc(C#N)cc3[nH]2)c1. The minimum Gasteiger partial charge on any atom is -0.378 e. The first-order chi connectivity index (χ1) is 9.67. The minimum atomic E-state index is 0.634. The molecule has 4 heteroatoms. The van der Waals surface area contributed by atoms with Gasteiger partial charge in [-0.3, -0.25) is 0 Å². The molecule has 0 fully saturated rings. The van der Waals surface area contributed by atoms with Gasteiger partial charge in [0.1, 0.15) is 5.82 Å². The molecule has 0 saturated carbocycles. The highest BCUT2D eigenvalue weighted by Crippen LogP contribution is 2.24. The number of nitrogens with zero attached hydrogens (tertiary/aromatic N) is 3. The Labute approximate surface area is 117 Å². The Morgan fingerprint density at radius 2 is 2.00 bits per heavy atom. The molecule has 0 aliphatic rings. The molecule has 20 heavy (non-hydrogen) atoms. The number of imidazole rings is 1. The summed E-state index contributed by atoms with van der Waals surface area (Å²) in [5.74, 6) is 0.818. The van der Waals surface area contributed by atoms with Crippen molar-refractivity contribution in [3.8, 4) is 17.5 Å². The van der Waals surface area contributed by atoms with Gasteiger partial charge < -0.3 is 9.88 Å². The lowest BCUT2D eigenvalue weighted by Gasteiger charge is -2.12. The van der Waals surface area contributed by atoms with Gasteiger partial charge in [-0.1, -0.05) is 12.1 Å². The summed E-state index contributed by atoms with van der Waals surface area (Å²) in [6.45, 7) is 0. The molecular formula is C16H14N4. The first-order valence-corrected chi connectivity index (χ1v) is 6.35. The molecule has 98 valence electrons. The maximum atomic E-state index is 8.93. The van der Waals surface area contributed by atoms with Gasteiger partial charge in [-0.15, -0.1) is 0 Å². The smallest absolute Gasteiger partial charge is 0.138 e. The number of aromatic nitrogens is 2. The van der Waals surface area contributed by atoms with Gasteiger partial charge in [-0.05, 0) is 30.3 Å². The van der Waals surface area contributed by atoms with E-state index in [4.69, 9.17) is 5.26 Å². The average Bonchev–Trinajstić information content (AvgIpc) is 2.90. The molecule has 0 radical (unpaired) electrons. The van der Waals surface area contributed by atoms with Crippen molar-refractivity contribution in [1.82, 2.24) is 9.97 Å². The Hall–Kier alpha value is -2.80. The summed E-state index contributed by atoms with van der Waals surface area (Å²) in [6, 6.07) is 15.8. The molecule has 0 atom stereocenters. The highest BCUT2D eigenvalue weighted by Gasteiger charge is 2.07. The van der Waals surface area contributed by atoms with Crippen LogP contribution in [0.4, 0.5) is 5.69 Å². The van der Waals surface area contributed by atoms with Crippen LogP contribution in [0.25, 0.3) is 22.4 Å². The Kier molecular flexibility index (Phi) is 2.88. The summed E-state index contributed by atoms with van der Waals surface area (Å²) >= 11 is 0. The van der Waals surface area contributed by atoms with Crippen molar-refractivity contribution in [2.45, 2.75) is 0 Å². The first-order valence-electron chi connectivity index (χ1n) is 6.35. The van der Waals surface area contributed by atoms with E-state index in [-0.39, 0.29) is 0 Å². The number of hydrogen-bond acceptors (Lipinski definition) is 3. The fraction of sp³-hybridized carbons (Fsp3) is 0.125. The molecule has 0 aliphatic heterocycles. The number of aromatic amines is 1. The standard InChI is InChI=1S/C16H14N4/c1-20(2)13-5-3-4-12(9-13)16-18-14-7-6-11(10-17)8-15(14)19-16/h3-9H,1-2H3,(H,18,19). The molecule has 0 spiro atoms. The largest absolute Gasteiger partial charge is 0.378 e. The summed E-state index contributed by atoms with van der Waals surface area (Å²) in [5, 5.41) is 8.93. The minimum absolute atomic E-state index is 0.634. The van der Waals surface area contributed by atoms with E-state index in [1.165, 1.54) is 0 Å². The van der Waals surface area contributed by atoms with Crippen molar-refractivity contribution in [3.63, 3.8) is 0 Å². The number of anilines is 1. The lowest BCUT2D eigenvalue weighted by Crippen LogP contribution is -2.08. The molecule has 3 rings (SSSR count). The van der Waals surface area contributed by atoms with E-state index in [0.29, 0.717) is 5.56 Å². The molecule has 0 aliphatic carbocycles. The average molecular weight is 262 g/mol. The van der Waals surface area contributed by atoms with E-state index in [9.17, 15) is 0 Å². The normalized spacial score (nSPS) is 10.4. The molecule has 0 saturated heterocycles. The van der Waals surface area contributed by atoms with E-state index in [1.807, 2.05) is 38.4 Å². The van der Waals surface area contributed by atoms with Crippen molar-refractivity contribution < 1.29 is 0 Å². The molecule has 0 amide bonds. The zero-order valence-electron chi connectivity index (χ0n) is 11.4. The molecular weight excluding hydrogens is 248 g/mol. The molecule has 1 N–H and O–H groups in total. The van der Waals surface area contributed by atoms with Gasteiger partial charge in [-0.25, -0.2) is 4.98 Å². The maximum Gasteiger partial charge on any atom is 0.138 e. The van der Waals surface area contributed by atoms with Crippen LogP contribution in [0.2, 0.25) is 0 Å². The van der Waals surface area contributed by atoms with Gasteiger partial charge in [0.15, 0.2) is 0 Å². The van der Waals surface area contributed by atoms with Gasteiger partial charge in [0.05, 0.1) is 22.7 Å². The predicted octanol–water partition coefficient (Wildman–Crippen LogP) is 3.17. The van der Waals surface area contributed by atoms with Crippen LogP contribution in [-0.4, -0.2) is 24.1 Å². The Balaban J connectivity index is 2.10. The third-order valence-corrected chi connectivity index (χ3v) is 3.25. The van der Waals surface area contributed by atoms with E-state index < -0.39 is 0 Å². The fourth-order valence-corrected chi connectivity index (χ4v) is 2.15. The summed E-state index contributed by atoms with van der Waals surface area (Å²) in [5.41, 5.74) is 4.55. The third kappa shape index (κ3) is 2.10. The predicted molar refractivity (Wildman–Crippen MR) is 80.6 cm³/mol. The van der Waals surface area contributed by atoms with Crippen molar-refractivity contribution in [3.05, 3.63) is 48.0 Å². The van der Waals surface area contributed by atoms with Crippen LogP contribution in [0.15, 0.2) is 42.5 Å². The number of nitrogens with one attached hydrogen (secondary N) is 1. The van der Waals surface area contributed by atoms with Crippen molar-refractivity contribution in [2.75, 3.05) is 19.0 Å². The van der Waals surface area contributed by atoms with Gasteiger partial charge in [0, 0.05) is 25.3 Å². The van der Waals surface area contributed by atoms with Crippen molar-refractivity contribution in [2.24, 2.45) is 0 Å². The van der Waals surface area contributed by atoms with Gasteiger partial charge in [-0.2, -0.15) is 5.26 Å². The van der Waals surface area contributed by atoms with E-state index in [0.717, 1.165) is 28.1 Å². The first kappa shape index (κ1) is 12.2. The summed E-state index contributed by atoms with van der Waals surface area (Å²) in [6.07, 6.45) is 0. The van der Waals surface area contributed by atoms with Crippen LogP contribution in [0.5, 0.6) is 0 Å². The second-order valence-electron chi connectivity index (χ2n) is 4.87. The maximum absolute atomic E-state index is 8.93. The summed E-state index contributed by atoms with van der Waals surface area (Å²) in [7, 11) is 4.02. The number of benzene rings is 2. The van der Waals surface area contributed by atoms with Crippen LogP contribution in [-0.2, 0) is 0 Å². The molecule has 3 aromatic rings. The van der Waals surface area contributed by atoms with Crippen LogP contribution < -0.4 is 4.90 Å². The van der Waals surface area contributed by atoms with Crippen molar-refractivity contribution >= 4 is 16.7 Å². The zero-order valence-corrected chi connectivity index (χ0v) is 11.4. The summed E-state index contributed by atoms with van der Waals surface area (Å²) in [4.78, 5) is 9.90. The van der Waals surface area contributed by atoms with Gasteiger partial charge >= 0.3 is 0 Å². The van der Waals surface area contributed by atoms with E-state index >= 15 is 0 Å². The van der Waals surface area contributed by atoms with Crippen LogP contribution in [0, 0.1) is 11.3 Å². The number of H-pyrrole nitrogens is 1. The quantitative estimate of drug-likeness (QED) is 0.771. The van der Waals surface area contributed by atoms with E-state index in [2.05, 4.69) is 33.1 Å². The molecule has 4 nitrogen and oxygen atoms in total. The van der Waals surface area contributed by atoms with Crippen LogP contribution >= 0.6 is 0 Å². The molecule has 0 bridgehead atoms. The monoisotopic (exact) mass is 262 g/mol. The lowest BCUT2D eigenvalue weighted by atomic mass is 10.2. The highest BCUT2D eigenvalue weighted by atomic mass is 15.1. The number of fused-ring (bicyclic) bond motifs is 1. The Morgan fingerprint density at radius 3 is 2.75 bits per heavy atom. The van der Waals surface area contributed by atoms with Gasteiger partial charge in [0.25, 0.3) is 0 Å². The summed E-state index contributed by atoms with van der Waals surface area (Å²) < 4.78 is 0. The highest BCUT2D eigenvalue weighted by molar-refractivity contribution is 5.81. The van der Waals surface area contributed by atoms with Crippen LogP contribution in [0.3, 0.4) is 0 Å².